The molecule has 64 valence electrons. The molecule has 6 heteroatoms. The highest BCUT2D eigenvalue weighted by molar-refractivity contribution is 9.11. The highest BCUT2D eigenvalue weighted by Crippen LogP contribution is 2.34. The van der Waals surface area contributed by atoms with Crippen molar-refractivity contribution in [1.82, 2.24) is 4.98 Å². The van der Waals surface area contributed by atoms with Gasteiger partial charge >= 0.3 is 0 Å². The van der Waals surface area contributed by atoms with Crippen molar-refractivity contribution < 1.29 is 4.79 Å². The molecule has 1 unspecified atom stereocenters. The van der Waals surface area contributed by atoms with Crippen molar-refractivity contribution in [2.75, 3.05) is 5.32 Å². The fraction of sp³-hybridized carbons (Fsp3) is 0.333. The number of thiazole rings is 1. The summed E-state index contributed by atoms with van der Waals surface area (Å²) in [6.45, 7) is 0. The summed E-state index contributed by atoms with van der Waals surface area (Å²) < 4.78 is 0.836. The van der Waals surface area contributed by atoms with Gasteiger partial charge in [-0.2, -0.15) is 0 Å². The van der Waals surface area contributed by atoms with Gasteiger partial charge in [0.1, 0.15) is 11.0 Å². The lowest BCUT2D eigenvalue weighted by atomic mass is 10.2. The van der Waals surface area contributed by atoms with Crippen molar-refractivity contribution in [3.05, 3.63) is 9.61 Å². The zero-order chi connectivity index (χ0) is 8.72. The Morgan fingerprint density at radius 3 is 3.17 bits per heavy atom. The number of rotatable bonds is 1. The van der Waals surface area contributed by atoms with E-state index in [0.29, 0.717) is 6.42 Å². The number of halogens is 1. The van der Waals surface area contributed by atoms with E-state index < -0.39 is 0 Å². The Kier molecular flexibility index (Phi) is 1.80. The van der Waals surface area contributed by atoms with E-state index in [9.17, 15) is 4.79 Å². The maximum Gasteiger partial charge on any atom is 0.240 e. The highest BCUT2D eigenvalue weighted by atomic mass is 79.9. The first-order valence-electron chi connectivity index (χ1n) is 3.38. The Labute approximate surface area is 81.3 Å². The molecular formula is C6H6BrN3OS. The topological polar surface area (TPSA) is 68.0 Å². The highest BCUT2D eigenvalue weighted by Gasteiger charge is 2.27. The summed E-state index contributed by atoms with van der Waals surface area (Å²) in [5.41, 5.74) is 6.06. The Balaban J connectivity index is 2.24. The fourth-order valence-corrected chi connectivity index (χ4v) is 2.62. The van der Waals surface area contributed by atoms with Crippen molar-refractivity contribution >= 4 is 38.2 Å². The normalized spacial score (nSPS) is 20.2. The summed E-state index contributed by atoms with van der Waals surface area (Å²) in [6.07, 6.45) is 0.604. The number of hydrogen-bond acceptors (Lipinski definition) is 4. The molecule has 0 fully saturated rings. The molecule has 0 saturated carbocycles. The van der Waals surface area contributed by atoms with Crippen LogP contribution in [-0.2, 0) is 11.2 Å². The minimum atomic E-state index is -0.323. The molecule has 1 aliphatic rings. The quantitative estimate of drug-likeness (QED) is 0.769. The van der Waals surface area contributed by atoms with Gasteiger partial charge in [-0.1, -0.05) is 11.3 Å². The van der Waals surface area contributed by atoms with E-state index in [-0.39, 0.29) is 11.9 Å². The fourth-order valence-electron chi connectivity index (χ4n) is 1.15. The molecule has 1 atom stereocenters. The molecule has 0 aliphatic carbocycles. The summed E-state index contributed by atoms with van der Waals surface area (Å²) in [6, 6.07) is -0.271. The number of aromatic nitrogens is 1. The third kappa shape index (κ3) is 1.21. The van der Waals surface area contributed by atoms with E-state index in [1.165, 1.54) is 11.3 Å². The van der Waals surface area contributed by atoms with Crippen molar-refractivity contribution in [2.45, 2.75) is 12.5 Å². The minimum Gasteiger partial charge on any atom is -0.368 e. The number of nitrogens with two attached hydrogens (primary N) is 1. The van der Waals surface area contributed by atoms with Gasteiger partial charge in [0.25, 0.3) is 0 Å². The third-order valence-corrected chi connectivity index (χ3v) is 3.20. The number of anilines is 1. The SMILES string of the molecule is NC(=O)C1Cc2nc(Br)sc2N1. The van der Waals surface area contributed by atoms with Crippen LogP contribution >= 0.6 is 27.3 Å². The summed E-state index contributed by atoms with van der Waals surface area (Å²) in [4.78, 5) is 15.0. The number of carbonyl (C=O) groups is 1. The van der Waals surface area contributed by atoms with Gasteiger partial charge in [-0.05, 0) is 15.9 Å². The zero-order valence-corrected chi connectivity index (χ0v) is 8.41. The first-order valence-corrected chi connectivity index (χ1v) is 4.99. The van der Waals surface area contributed by atoms with Gasteiger partial charge in [0.05, 0.1) is 5.69 Å². The number of nitrogens with one attached hydrogen (secondary N) is 1. The Morgan fingerprint density at radius 2 is 2.58 bits per heavy atom. The monoisotopic (exact) mass is 247 g/mol. The molecule has 0 saturated heterocycles. The average molecular weight is 248 g/mol. The number of carbonyl (C=O) groups excluding carboxylic acids is 1. The lowest BCUT2D eigenvalue weighted by molar-refractivity contribution is -0.118. The molecule has 1 aromatic rings. The van der Waals surface area contributed by atoms with Gasteiger partial charge in [0.2, 0.25) is 5.91 Å². The predicted molar refractivity (Wildman–Crippen MR) is 50.1 cm³/mol. The van der Waals surface area contributed by atoms with Crippen LogP contribution in [0.4, 0.5) is 5.00 Å². The van der Waals surface area contributed by atoms with E-state index >= 15 is 0 Å². The smallest absolute Gasteiger partial charge is 0.240 e. The molecule has 1 aliphatic heterocycles. The van der Waals surface area contributed by atoms with Gasteiger partial charge in [0, 0.05) is 6.42 Å². The minimum absolute atomic E-state index is 0.271. The van der Waals surface area contributed by atoms with Crippen LogP contribution in [0, 0.1) is 0 Å². The first-order chi connectivity index (χ1) is 5.66. The van der Waals surface area contributed by atoms with E-state index in [0.717, 1.165) is 14.6 Å². The average Bonchev–Trinajstić information content (AvgIpc) is 2.42. The second-order valence-corrected chi connectivity index (χ2v) is 4.82. The van der Waals surface area contributed by atoms with Gasteiger partial charge in [-0.3, -0.25) is 4.79 Å². The second kappa shape index (κ2) is 2.70. The number of amides is 1. The zero-order valence-electron chi connectivity index (χ0n) is 6.00. The lowest BCUT2D eigenvalue weighted by Crippen LogP contribution is -2.33. The van der Waals surface area contributed by atoms with Gasteiger partial charge in [-0.15, -0.1) is 0 Å². The number of fused-ring (bicyclic) bond motifs is 1. The van der Waals surface area contributed by atoms with Crippen LogP contribution in [0.1, 0.15) is 5.69 Å². The van der Waals surface area contributed by atoms with Gasteiger partial charge in [0.15, 0.2) is 3.92 Å². The predicted octanol–water partition coefficient (Wildman–Crippen LogP) is 0.727. The molecule has 0 aromatic carbocycles. The number of hydrogen-bond donors (Lipinski definition) is 2. The Hall–Kier alpha value is -0.620. The Bertz CT molecular complexity index is 314. The summed E-state index contributed by atoms with van der Waals surface area (Å²) in [5, 5.41) is 3.96. The maximum atomic E-state index is 10.8. The standard InChI is InChI=1S/C6H6BrN3OS/c7-6-10-3-1-2(4(8)11)9-5(3)12-6/h2,9H,1H2,(H2,8,11). The van der Waals surface area contributed by atoms with Crippen molar-refractivity contribution in [3.63, 3.8) is 0 Å². The van der Waals surface area contributed by atoms with Gasteiger partial charge < -0.3 is 11.1 Å². The Morgan fingerprint density at radius 1 is 1.83 bits per heavy atom. The van der Waals surface area contributed by atoms with E-state index in [1.807, 2.05) is 0 Å². The van der Waals surface area contributed by atoms with Crippen LogP contribution in [0.3, 0.4) is 0 Å². The number of nitrogens with zero attached hydrogens (tertiary/aromatic N) is 1. The molecule has 1 aromatic heterocycles. The molecule has 12 heavy (non-hydrogen) atoms. The molecule has 1 amide bonds. The number of primary amides is 1. The van der Waals surface area contributed by atoms with Crippen molar-refractivity contribution in [2.24, 2.45) is 5.73 Å². The lowest BCUT2D eigenvalue weighted by Gasteiger charge is -2.03. The second-order valence-electron chi connectivity index (χ2n) is 2.55. The van der Waals surface area contributed by atoms with E-state index in [2.05, 4.69) is 26.2 Å². The van der Waals surface area contributed by atoms with Crippen LogP contribution in [0.2, 0.25) is 0 Å². The third-order valence-electron chi connectivity index (χ3n) is 1.72. The molecule has 2 heterocycles. The van der Waals surface area contributed by atoms with E-state index in [1.54, 1.807) is 0 Å². The maximum absolute atomic E-state index is 10.8. The van der Waals surface area contributed by atoms with E-state index in [4.69, 9.17) is 5.73 Å². The molecule has 0 spiro atoms. The summed E-state index contributed by atoms with van der Waals surface area (Å²) in [7, 11) is 0. The van der Waals surface area contributed by atoms with Crippen LogP contribution in [0.25, 0.3) is 0 Å². The largest absolute Gasteiger partial charge is 0.368 e. The molecular weight excluding hydrogens is 242 g/mol. The summed E-state index contributed by atoms with van der Waals surface area (Å²) in [5.74, 6) is -0.323. The summed E-state index contributed by atoms with van der Waals surface area (Å²) >= 11 is 4.75. The van der Waals surface area contributed by atoms with Crippen LogP contribution < -0.4 is 11.1 Å². The first kappa shape index (κ1) is 8.00. The molecule has 0 radical (unpaired) electrons. The van der Waals surface area contributed by atoms with Crippen molar-refractivity contribution in [1.29, 1.82) is 0 Å². The molecule has 4 nitrogen and oxygen atoms in total. The van der Waals surface area contributed by atoms with Crippen LogP contribution in [0.15, 0.2) is 3.92 Å². The molecule has 0 bridgehead atoms. The van der Waals surface area contributed by atoms with Crippen molar-refractivity contribution in [3.8, 4) is 0 Å². The van der Waals surface area contributed by atoms with Crippen LogP contribution in [-0.4, -0.2) is 16.9 Å². The molecule has 3 N–H and O–H groups in total. The van der Waals surface area contributed by atoms with Gasteiger partial charge in [-0.25, -0.2) is 4.98 Å². The van der Waals surface area contributed by atoms with Crippen LogP contribution in [0.5, 0.6) is 0 Å². The molecule has 2 rings (SSSR count).